The van der Waals surface area contributed by atoms with Crippen LogP contribution in [0.5, 0.6) is 11.8 Å². The lowest BCUT2D eigenvalue weighted by atomic mass is 9.85. The number of quaternary nitrogens is 1. The fourth-order valence-electron chi connectivity index (χ4n) is 7.76. The summed E-state index contributed by atoms with van der Waals surface area (Å²) in [4.78, 5) is 42.1. The van der Waals surface area contributed by atoms with E-state index in [9.17, 15) is 19.8 Å². The monoisotopic (exact) mass is 697 g/mol. The molecule has 2 N–H and O–H groups in total. The summed E-state index contributed by atoms with van der Waals surface area (Å²) in [5.41, 5.74) is 1.30. The molecule has 0 radical (unpaired) electrons. The number of carbonyl (C=O) groups is 2. The molecule has 0 spiro atoms. The summed E-state index contributed by atoms with van der Waals surface area (Å²) in [5, 5.41) is 23.4. The van der Waals surface area contributed by atoms with Gasteiger partial charge in [0.25, 0.3) is 0 Å². The van der Waals surface area contributed by atoms with E-state index in [1.54, 1.807) is 27.7 Å². The smallest absolute Gasteiger partial charge is 0.489 e. The molecule has 2 atom stereocenters. The Morgan fingerprint density at radius 2 is 1.69 bits per heavy atom. The Morgan fingerprint density at radius 1 is 0.961 bits per heavy atom. The van der Waals surface area contributed by atoms with Crippen LogP contribution in [0.4, 0.5) is 16.3 Å². The van der Waals surface area contributed by atoms with Gasteiger partial charge in [-0.2, -0.15) is 14.8 Å². The predicted molar refractivity (Wildman–Crippen MR) is 197 cm³/mol. The van der Waals surface area contributed by atoms with Gasteiger partial charge in [-0.15, -0.1) is 0 Å². The first-order valence-corrected chi connectivity index (χ1v) is 17.5. The number of aromatic nitrogens is 2. The molecule has 1 saturated heterocycles. The van der Waals surface area contributed by atoms with Crippen molar-refractivity contribution in [2.45, 2.75) is 58.3 Å². The van der Waals surface area contributed by atoms with Gasteiger partial charge in [0.1, 0.15) is 36.9 Å². The number of nitrogens with zero attached hydrogens (tertiary/aromatic N) is 6. The number of piperazine rings is 1. The third-order valence-electron chi connectivity index (χ3n) is 10.5. The first-order valence-electron chi connectivity index (χ1n) is 17.5. The molecule has 1 fully saturated rings. The van der Waals surface area contributed by atoms with E-state index in [0.717, 1.165) is 39.0 Å². The van der Waals surface area contributed by atoms with Gasteiger partial charge in [0.05, 0.1) is 25.3 Å². The molecule has 1 aromatic heterocycles. The van der Waals surface area contributed by atoms with E-state index in [2.05, 4.69) is 29.2 Å². The molecule has 4 aromatic rings. The highest BCUT2D eigenvalue weighted by molar-refractivity contribution is 5.96. The normalized spacial score (nSPS) is 20.7. The number of rotatable bonds is 10. The molecule has 3 aromatic carbocycles. The molecule has 0 bridgehead atoms. The molecule has 6 rings (SSSR count). The summed E-state index contributed by atoms with van der Waals surface area (Å²) in [6.07, 6.45) is -0.549. The van der Waals surface area contributed by atoms with Crippen LogP contribution in [0.15, 0.2) is 66.7 Å². The number of carboxylic acids is 1. The van der Waals surface area contributed by atoms with Gasteiger partial charge < -0.3 is 34.4 Å². The highest BCUT2D eigenvalue weighted by Crippen LogP contribution is 2.43. The number of anilines is 2. The van der Waals surface area contributed by atoms with Gasteiger partial charge in [-0.25, -0.2) is 9.28 Å². The maximum absolute atomic E-state index is 13.1. The molecule has 2 unspecified atom stereocenters. The molecule has 0 aliphatic carbocycles. The summed E-state index contributed by atoms with van der Waals surface area (Å²) >= 11 is 0. The van der Waals surface area contributed by atoms with Gasteiger partial charge in [0.2, 0.25) is 5.54 Å². The summed E-state index contributed by atoms with van der Waals surface area (Å²) in [5.74, 6) is 0.214. The van der Waals surface area contributed by atoms with E-state index in [1.807, 2.05) is 66.4 Å². The molecule has 12 heteroatoms. The number of hydrogen-bond acceptors (Lipinski definition) is 9. The van der Waals surface area contributed by atoms with E-state index in [-0.39, 0.29) is 19.1 Å². The number of fused-ring (bicyclic) bond motifs is 2. The number of likely N-dealkylation sites (N-methyl/N-ethyl adjacent to an activating group) is 1. The van der Waals surface area contributed by atoms with Crippen LogP contribution >= 0.6 is 0 Å². The van der Waals surface area contributed by atoms with Crippen molar-refractivity contribution in [3.8, 4) is 11.8 Å². The zero-order valence-electron chi connectivity index (χ0n) is 30.4. The number of carboxylic acid groups (broad SMARTS) is 2. The zero-order valence-corrected chi connectivity index (χ0v) is 30.4. The topological polar surface area (TPSA) is 129 Å². The van der Waals surface area contributed by atoms with Crippen LogP contribution in [-0.2, 0) is 24.4 Å². The molecule has 2 aliphatic heterocycles. The van der Waals surface area contributed by atoms with Crippen molar-refractivity contribution in [1.29, 1.82) is 0 Å². The molecular weight excluding hydrogens is 648 g/mol. The van der Waals surface area contributed by atoms with Crippen LogP contribution in [0.1, 0.15) is 44.5 Å². The quantitative estimate of drug-likeness (QED) is 0.199. The number of aliphatic carboxylic acids is 1. The second kappa shape index (κ2) is 14.0. The SMILES string of the molecule is CN(C)CCOc1nc2c(c(N3CC[N+](C(=O)O)(C(C)(C)C)C(C)(C(=O)O)C3)n1)CCN(c1cc(OCc3ccccc3)cc3ccccc13)C2. The van der Waals surface area contributed by atoms with Crippen molar-refractivity contribution in [2.75, 3.05) is 63.2 Å². The summed E-state index contributed by atoms with van der Waals surface area (Å²) in [7, 11) is 3.93. The minimum Gasteiger partial charge on any atom is -0.489 e. The molecule has 1 amide bonds. The van der Waals surface area contributed by atoms with Crippen LogP contribution in [0.2, 0.25) is 0 Å². The van der Waals surface area contributed by atoms with Crippen LogP contribution in [0, 0.1) is 0 Å². The maximum atomic E-state index is 13.1. The molecule has 270 valence electrons. The first kappa shape index (κ1) is 35.9. The second-order valence-electron chi connectivity index (χ2n) is 15.0. The lowest BCUT2D eigenvalue weighted by molar-refractivity contribution is -0.941. The van der Waals surface area contributed by atoms with Crippen molar-refractivity contribution in [3.63, 3.8) is 0 Å². The minimum absolute atomic E-state index is 0.0400. The fraction of sp³-hybridized carbons (Fsp3) is 0.436. The van der Waals surface area contributed by atoms with Gasteiger partial charge in [-0.05, 0) is 58.3 Å². The number of amides is 1. The molecule has 12 nitrogen and oxygen atoms in total. The van der Waals surface area contributed by atoms with Crippen LogP contribution < -0.4 is 19.3 Å². The Bertz CT molecular complexity index is 1910. The van der Waals surface area contributed by atoms with Crippen LogP contribution in [0.25, 0.3) is 10.8 Å². The standard InChI is InChI=1S/C39H48N6O6/c1-38(2,3)45(37(48)49)20-18-44(26-39(45,4)35(46)47)34-31-16-17-43(24-32(31)40-36(41-34)50-21-19-42(5)6)33-23-29(22-28-14-10-11-15-30(28)33)51-25-27-12-8-7-9-13-27/h7-15,22-23H,16-21,24-26H2,1-6H3,(H-,46,47,48,49)/p+1. The lowest BCUT2D eigenvalue weighted by Crippen LogP contribution is -2.82. The summed E-state index contributed by atoms with van der Waals surface area (Å²) < 4.78 is 11.8. The van der Waals surface area contributed by atoms with Crippen molar-refractivity contribution >= 4 is 34.3 Å². The van der Waals surface area contributed by atoms with E-state index in [1.165, 1.54) is 0 Å². The van der Waals surface area contributed by atoms with Gasteiger partial charge in [-0.1, -0.05) is 54.6 Å². The summed E-state index contributed by atoms with van der Waals surface area (Å²) in [6.45, 7) is 9.90. The third-order valence-corrected chi connectivity index (χ3v) is 10.5. The molecule has 51 heavy (non-hydrogen) atoms. The number of benzene rings is 3. The highest BCUT2D eigenvalue weighted by Gasteiger charge is 2.67. The molecule has 2 aliphatic rings. The lowest BCUT2D eigenvalue weighted by Gasteiger charge is -2.56. The van der Waals surface area contributed by atoms with E-state index < -0.39 is 27.6 Å². The Kier molecular flexibility index (Phi) is 9.84. The van der Waals surface area contributed by atoms with Crippen molar-refractivity contribution < 1.29 is 33.8 Å². The molecule has 3 heterocycles. The predicted octanol–water partition coefficient (Wildman–Crippen LogP) is 5.67. The zero-order chi connectivity index (χ0) is 36.6. The third kappa shape index (κ3) is 6.77. The number of ether oxygens (including phenoxy) is 2. The Balaban J connectivity index is 1.37. The average molecular weight is 698 g/mol. The average Bonchev–Trinajstić information content (AvgIpc) is 3.09. The molecule has 0 saturated carbocycles. The Labute approximate surface area is 299 Å². The molecular formula is C39H49N6O6+. The maximum Gasteiger partial charge on any atom is 0.514 e. The minimum atomic E-state index is -1.66. The van der Waals surface area contributed by atoms with Crippen LogP contribution in [-0.4, -0.2) is 106 Å². The van der Waals surface area contributed by atoms with Gasteiger partial charge in [-0.3, -0.25) is 0 Å². The highest BCUT2D eigenvalue weighted by atomic mass is 16.5. The fourth-order valence-corrected chi connectivity index (χ4v) is 7.76. The van der Waals surface area contributed by atoms with Gasteiger partial charge in [0.15, 0.2) is 0 Å². The number of hydrogen-bond donors (Lipinski definition) is 2. The van der Waals surface area contributed by atoms with Gasteiger partial charge in [0, 0.05) is 42.7 Å². The Hall–Kier alpha value is -4.94. The van der Waals surface area contributed by atoms with Crippen molar-refractivity contribution in [1.82, 2.24) is 14.9 Å². The van der Waals surface area contributed by atoms with E-state index in [0.29, 0.717) is 51.6 Å². The largest absolute Gasteiger partial charge is 0.514 e. The second-order valence-corrected chi connectivity index (χ2v) is 15.0. The Morgan fingerprint density at radius 3 is 2.37 bits per heavy atom. The van der Waals surface area contributed by atoms with E-state index >= 15 is 0 Å². The van der Waals surface area contributed by atoms with Crippen LogP contribution in [0.3, 0.4) is 0 Å². The van der Waals surface area contributed by atoms with Crippen molar-refractivity contribution in [2.24, 2.45) is 0 Å². The van der Waals surface area contributed by atoms with E-state index in [4.69, 9.17) is 19.4 Å². The first-order chi connectivity index (χ1) is 24.2. The van der Waals surface area contributed by atoms with Gasteiger partial charge >= 0.3 is 18.1 Å². The van der Waals surface area contributed by atoms with Crippen molar-refractivity contribution in [3.05, 3.63) is 83.6 Å². The summed E-state index contributed by atoms with van der Waals surface area (Å²) in [6, 6.07) is 22.7.